The predicted octanol–water partition coefficient (Wildman–Crippen LogP) is 4.16. The van der Waals surface area contributed by atoms with Crippen LogP contribution in [0.4, 0.5) is 10.1 Å². The van der Waals surface area contributed by atoms with Gasteiger partial charge in [-0.1, -0.05) is 6.07 Å². The van der Waals surface area contributed by atoms with Gasteiger partial charge in [0.2, 0.25) is 0 Å². The van der Waals surface area contributed by atoms with Gasteiger partial charge >= 0.3 is 0 Å². The van der Waals surface area contributed by atoms with Crippen LogP contribution in [-0.2, 0) is 11.3 Å². The number of anilines is 1. The average molecular weight is 421 g/mol. The maximum atomic E-state index is 13.6. The Bertz CT molecular complexity index is 1140. The van der Waals surface area contributed by atoms with E-state index in [1.807, 2.05) is 29.8 Å². The number of fused-ring (bicyclic) bond motifs is 1. The van der Waals surface area contributed by atoms with Crippen molar-refractivity contribution in [1.29, 1.82) is 0 Å². The van der Waals surface area contributed by atoms with Crippen molar-refractivity contribution in [2.75, 3.05) is 11.9 Å². The highest BCUT2D eigenvalue weighted by molar-refractivity contribution is 5.97. The van der Waals surface area contributed by atoms with E-state index in [9.17, 15) is 14.3 Å². The van der Waals surface area contributed by atoms with Crippen molar-refractivity contribution in [2.45, 2.75) is 38.8 Å². The van der Waals surface area contributed by atoms with Gasteiger partial charge in [-0.2, -0.15) is 5.10 Å². The summed E-state index contributed by atoms with van der Waals surface area (Å²) in [6.45, 7) is 2.66. The molecular formula is C24H24FN3O3. The summed E-state index contributed by atoms with van der Waals surface area (Å²) in [4.78, 5) is 11.8. The molecule has 1 saturated carbocycles. The summed E-state index contributed by atoms with van der Waals surface area (Å²) in [5, 5.41) is 17.6. The summed E-state index contributed by atoms with van der Waals surface area (Å²) in [6, 6.07) is 12.1. The van der Waals surface area contributed by atoms with Crippen LogP contribution in [0.15, 0.2) is 42.5 Å². The van der Waals surface area contributed by atoms with E-state index in [4.69, 9.17) is 9.84 Å². The number of ether oxygens (including phenoxy) is 1. The van der Waals surface area contributed by atoms with Gasteiger partial charge in [0.15, 0.2) is 6.61 Å². The van der Waals surface area contributed by atoms with E-state index < -0.39 is 0 Å². The Labute approximate surface area is 179 Å². The molecule has 6 nitrogen and oxygen atoms in total. The molecular weight excluding hydrogens is 397 g/mol. The Morgan fingerprint density at radius 3 is 2.71 bits per heavy atom. The van der Waals surface area contributed by atoms with Crippen molar-refractivity contribution < 1.29 is 19.0 Å². The molecule has 0 bridgehead atoms. The number of aliphatic hydroxyl groups excluding tert-OH is 1. The fourth-order valence-corrected chi connectivity index (χ4v) is 4.66. The lowest BCUT2D eigenvalue weighted by molar-refractivity contribution is -0.118. The van der Waals surface area contributed by atoms with Crippen LogP contribution in [0.1, 0.15) is 25.0 Å². The maximum Gasteiger partial charge on any atom is 0.262 e. The minimum Gasteiger partial charge on any atom is -0.482 e. The van der Waals surface area contributed by atoms with Gasteiger partial charge in [-0.05, 0) is 74.1 Å². The van der Waals surface area contributed by atoms with Crippen molar-refractivity contribution in [3.05, 3.63) is 54.0 Å². The highest BCUT2D eigenvalue weighted by Gasteiger charge is 2.27. The minimum absolute atomic E-state index is 0.0113. The van der Waals surface area contributed by atoms with Gasteiger partial charge in [0, 0.05) is 17.7 Å². The second-order valence-corrected chi connectivity index (χ2v) is 8.38. The first kappa shape index (κ1) is 19.8. The fourth-order valence-electron chi connectivity index (χ4n) is 4.66. The molecule has 0 radical (unpaired) electrons. The van der Waals surface area contributed by atoms with E-state index in [2.05, 4.69) is 5.32 Å². The van der Waals surface area contributed by atoms with Gasteiger partial charge in [0.05, 0.1) is 23.2 Å². The summed E-state index contributed by atoms with van der Waals surface area (Å²) >= 11 is 0. The van der Waals surface area contributed by atoms with Gasteiger partial charge in [0.1, 0.15) is 11.6 Å². The van der Waals surface area contributed by atoms with Crippen molar-refractivity contribution in [3.8, 4) is 28.1 Å². The molecule has 7 heteroatoms. The molecule has 2 N–H and O–H groups in total. The van der Waals surface area contributed by atoms with Crippen LogP contribution in [0.2, 0.25) is 0 Å². The zero-order valence-electron chi connectivity index (χ0n) is 17.3. The van der Waals surface area contributed by atoms with E-state index in [-0.39, 0.29) is 24.4 Å². The molecule has 2 atom stereocenters. The quantitative estimate of drug-likeness (QED) is 0.663. The zero-order chi connectivity index (χ0) is 21.5. The molecule has 1 aromatic heterocycles. The average Bonchev–Trinajstić information content (AvgIpc) is 3.30. The van der Waals surface area contributed by atoms with E-state index in [0.717, 1.165) is 47.3 Å². The number of aromatic nitrogens is 2. The van der Waals surface area contributed by atoms with Crippen molar-refractivity contribution >= 4 is 11.6 Å². The Balaban J connectivity index is 1.62. The molecule has 2 aromatic carbocycles. The molecule has 1 aliphatic heterocycles. The van der Waals surface area contributed by atoms with Crippen molar-refractivity contribution in [1.82, 2.24) is 9.78 Å². The Hall–Kier alpha value is -3.19. The SMILES string of the molecule is Cc1nn(CC2CCC(O)C2)c(-c2ccc(F)cc2)c1-c1ccc2c(c1)NC(=O)CO2. The molecule has 0 saturated heterocycles. The topological polar surface area (TPSA) is 76.4 Å². The molecule has 1 fully saturated rings. The molecule has 160 valence electrons. The van der Waals surface area contributed by atoms with Crippen LogP contribution in [0.25, 0.3) is 22.4 Å². The third kappa shape index (κ3) is 3.81. The summed E-state index contributed by atoms with van der Waals surface area (Å²) in [5.41, 5.74) is 5.09. The molecule has 2 unspecified atom stereocenters. The van der Waals surface area contributed by atoms with Crippen LogP contribution in [0.5, 0.6) is 5.75 Å². The smallest absolute Gasteiger partial charge is 0.262 e. The third-order valence-electron chi connectivity index (χ3n) is 6.09. The number of hydrogen-bond acceptors (Lipinski definition) is 4. The molecule has 1 aliphatic carbocycles. The summed E-state index contributed by atoms with van der Waals surface area (Å²) in [6.07, 6.45) is 2.29. The van der Waals surface area contributed by atoms with Gasteiger partial charge < -0.3 is 15.2 Å². The molecule has 2 aliphatic rings. The number of carbonyl (C=O) groups excluding carboxylic acids is 1. The Morgan fingerprint density at radius 2 is 1.97 bits per heavy atom. The maximum absolute atomic E-state index is 13.6. The van der Waals surface area contributed by atoms with Crippen LogP contribution in [0.3, 0.4) is 0 Å². The Morgan fingerprint density at radius 1 is 1.19 bits per heavy atom. The highest BCUT2D eigenvalue weighted by Crippen LogP contribution is 2.40. The number of benzene rings is 2. The predicted molar refractivity (Wildman–Crippen MR) is 115 cm³/mol. The number of carbonyl (C=O) groups is 1. The first-order valence-corrected chi connectivity index (χ1v) is 10.6. The van der Waals surface area contributed by atoms with Crippen molar-refractivity contribution in [2.24, 2.45) is 5.92 Å². The number of nitrogens with zero attached hydrogens (tertiary/aromatic N) is 2. The fraction of sp³-hybridized carbons (Fsp3) is 0.333. The van der Waals surface area contributed by atoms with E-state index in [1.54, 1.807) is 12.1 Å². The number of aliphatic hydroxyl groups is 1. The molecule has 0 spiro atoms. The third-order valence-corrected chi connectivity index (χ3v) is 6.09. The normalized spacial score (nSPS) is 20.3. The lowest BCUT2D eigenvalue weighted by Crippen LogP contribution is -2.25. The highest BCUT2D eigenvalue weighted by atomic mass is 19.1. The van der Waals surface area contributed by atoms with Crippen LogP contribution in [0, 0.1) is 18.7 Å². The number of nitrogens with one attached hydrogen (secondary N) is 1. The van der Waals surface area contributed by atoms with E-state index in [0.29, 0.717) is 23.9 Å². The van der Waals surface area contributed by atoms with E-state index >= 15 is 0 Å². The number of hydrogen-bond donors (Lipinski definition) is 2. The van der Waals surface area contributed by atoms with Gasteiger partial charge in [-0.25, -0.2) is 4.39 Å². The summed E-state index contributed by atoms with van der Waals surface area (Å²) in [7, 11) is 0. The summed E-state index contributed by atoms with van der Waals surface area (Å²) < 4.78 is 21.1. The minimum atomic E-state index is -0.291. The van der Waals surface area contributed by atoms with Gasteiger partial charge in [-0.3, -0.25) is 9.48 Å². The number of amides is 1. The number of rotatable bonds is 4. The number of aryl methyl sites for hydroxylation is 1. The standard InChI is InChI=1S/C24H24FN3O3/c1-14-23(17-5-9-21-20(11-17)26-22(30)13-31-21)24(16-3-6-18(25)7-4-16)28(27-14)12-15-2-8-19(29)10-15/h3-7,9,11,15,19,29H,2,8,10,12-13H2,1H3,(H,26,30). The second kappa shape index (κ2) is 7.81. The first-order valence-electron chi connectivity index (χ1n) is 10.6. The van der Waals surface area contributed by atoms with Gasteiger partial charge in [-0.15, -0.1) is 0 Å². The molecule has 2 heterocycles. The van der Waals surface area contributed by atoms with Crippen LogP contribution in [-0.4, -0.2) is 33.5 Å². The molecule has 5 rings (SSSR count). The molecule has 31 heavy (non-hydrogen) atoms. The largest absolute Gasteiger partial charge is 0.482 e. The monoisotopic (exact) mass is 421 g/mol. The lowest BCUT2D eigenvalue weighted by Gasteiger charge is -2.19. The van der Waals surface area contributed by atoms with Crippen molar-refractivity contribution in [3.63, 3.8) is 0 Å². The first-order chi connectivity index (χ1) is 15.0. The second-order valence-electron chi connectivity index (χ2n) is 8.38. The van der Waals surface area contributed by atoms with E-state index in [1.165, 1.54) is 12.1 Å². The molecule has 3 aromatic rings. The van der Waals surface area contributed by atoms with Crippen LogP contribution >= 0.6 is 0 Å². The summed E-state index contributed by atoms with van der Waals surface area (Å²) in [5.74, 6) is 0.505. The Kier molecular flexibility index (Phi) is 4.98. The molecule has 1 amide bonds. The zero-order valence-corrected chi connectivity index (χ0v) is 17.3. The van der Waals surface area contributed by atoms with Gasteiger partial charge in [0.25, 0.3) is 5.91 Å². The number of halogens is 1. The lowest BCUT2D eigenvalue weighted by atomic mass is 9.97. The van der Waals surface area contributed by atoms with Crippen LogP contribution < -0.4 is 10.1 Å².